The van der Waals surface area contributed by atoms with Crippen molar-refractivity contribution < 1.29 is 14.3 Å². The highest BCUT2D eigenvalue weighted by Crippen LogP contribution is 2.30. The third-order valence-corrected chi connectivity index (χ3v) is 4.15. The lowest BCUT2D eigenvalue weighted by Crippen LogP contribution is -2.49. The molecule has 0 fully saturated rings. The zero-order valence-corrected chi connectivity index (χ0v) is 13.7. The van der Waals surface area contributed by atoms with E-state index in [1.807, 2.05) is 48.5 Å². The van der Waals surface area contributed by atoms with Crippen LogP contribution in [0.1, 0.15) is 18.1 Å². The largest absolute Gasteiger partial charge is 0.486 e. The van der Waals surface area contributed by atoms with Gasteiger partial charge in [-0.05, 0) is 36.6 Å². The SMILES string of the molecule is CC(N)(C(=O)NCCc1ccc2c(c1)OCCO2)c1ccccc1. The molecule has 3 rings (SSSR count). The normalized spacial score (nSPS) is 15.4. The summed E-state index contributed by atoms with van der Waals surface area (Å²) >= 11 is 0. The Bertz CT molecular complexity index is 714. The highest BCUT2D eigenvalue weighted by molar-refractivity contribution is 5.86. The van der Waals surface area contributed by atoms with E-state index >= 15 is 0 Å². The maximum Gasteiger partial charge on any atom is 0.244 e. The molecule has 3 N–H and O–H groups in total. The summed E-state index contributed by atoms with van der Waals surface area (Å²) in [6.07, 6.45) is 0.702. The van der Waals surface area contributed by atoms with Gasteiger partial charge in [0, 0.05) is 6.54 Å². The van der Waals surface area contributed by atoms with Gasteiger partial charge in [-0.25, -0.2) is 0 Å². The van der Waals surface area contributed by atoms with Crippen molar-refractivity contribution in [2.75, 3.05) is 19.8 Å². The van der Waals surface area contributed by atoms with Gasteiger partial charge in [0.15, 0.2) is 11.5 Å². The van der Waals surface area contributed by atoms with Gasteiger partial charge < -0.3 is 20.5 Å². The molecule has 1 aliphatic heterocycles. The first-order valence-electron chi connectivity index (χ1n) is 8.08. The number of carbonyl (C=O) groups excluding carboxylic acids is 1. The molecule has 0 radical (unpaired) electrons. The minimum absolute atomic E-state index is 0.189. The number of amides is 1. The molecule has 0 aromatic heterocycles. The third kappa shape index (κ3) is 3.51. The number of carbonyl (C=O) groups is 1. The smallest absolute Gasteiger partial charge is 0.244 e. The van der Waals surface area contributed by atoms with E-state index in [1.165, 1.54) is 0 Å². The maximum absolute atomic E-state index is 12.4. The van der Waals surface area contributed by atoms with Gasteiger partial charge in [-0.3, -0.25) is 4.79 Å². The molecule has 0 saturated carbocycles. The van der Waals surface area contributed by atoms with Crippen LogP contribution in [0.3, 0.4) is 0 Å². The number of nitrogens with two attached hydrogens (primary N) is 1. The van der Waals surface area contributed by atoms with Crippen molar-refractivity contribution in [3.05, 3.63) is 59.7 Å². The van der Waals surface area contributed by atoms with Gasteiger partial charge >= 0.3 is 0 Å². The first-order chi connectivity index (χ1) is 11.6. The average Bonchev–Trinajstić information content (AvgIpc) is 2.62. The monoisotopic (exact) mass is 326 g/mol. The summed E-state index contributed by atoms with van der Waals surface area (Å²) < 4.78 is 11.1. The lowest BCUT2D eigenvalue weighted by molar-refractivity contribution is -0.126. The Labute approximate surface area is 141 Å². The summed E-state index contributed by atoms with van der Waals surface area (Å²) in [6.45, 7) is 3.38. The van der Waals surface area contributed by atoms with Crippen LogP contribution in [0.5, 0.6) is 11.5 Å². The average molecular weight is 326 g/mol. The number of rotatable bonds is 5. The number of nitrogens with one attached hydrogen (secondary N) is 1. The topological polar surface area (TPSA) is 73.6 Å². The van der Waals surface area contributed by atoms with Crippen LogP contribution in [0.25, 0.3) is 0 Å². The molecule has 1 atom stereocenters. The summed E-state index contributed by atoms with van der Waals surface area (Å²) in [5.74, 6) is 1.34. The fourth-order valence-corrected chi connectivity index (χ4v) is 2.66. The lowest BCUT2D eigenvalue weighted by Gasteiger charge is -2.24. The lowest BCUT2D eigenvalue weighted by atomic mass is 9.92. The van der Waals surface area contributed by atoms with Gasteiger partial charge in [0.05, 0.1) is 0 Å². The molecular weight excluding hydrogens is 304 g/mol. The van der Waals surface area contributed by atoms with Crippen molar-refractivity contribution in [3.63, 3.8) is 0 Å². The molecule has 1 heterocycles. The molecule has 1 amide bonds. The van der Waals surface area contributed by atoms with E-state index in [-0.39, 0.29) is 5.91 Å². The Morgan fingerprint density at radius 3 is 2.58 bits per heavy atom. The van der Waals surface area contributed by atoms with Crippen molar-refractivity contribution in [1.29, 1.82) is 0 Å². The van der Waals surface area contributed by atoms with E-state index in [0.717, 1.165) is 22.6 Å². The number of hydrogen-bond donors (Lipinski definition) is 2. The van der Waals surface area contributed by atoms with Crippen molar-refractivity contribution >= 4 is 5.91 Å². The Morgan fingerprint density at radius 1 is 1.12 bits per heavy atom. The number of fused-ring (bicyclic) bond motifs is 1. The van der Waals surface area contributed by atoms with Gasteiger partial charge in [0.1, 0.15) is 18.8 Å². The van der Waals surface area contributed by atoms with Crippen LogP contribution < -0.4 is 20.5 Å². The van der Waals surface area contributed by atoms with Crippen LogP contribution in [-0.4, -0.2) is 25.7 Å². The quantitative estimate of drug-likeness (QED) is 0.881. The van der Waals surface area contributed by atoms with E-state index in [1.54, 1.807) is 6.92 Å². The predicted molar refractivity (Wildman–Crippen MR) is 92.1 cm³/mol. The van der Waals surface area contributed by atoms with E-state index in [0.29, 0.717) is 26.2 Å². The second kappa shape index (κ2) is 6.93. The van der Waals surface area contributed by atoms with Crippen molar-refractivity contribution in [2.24, 2.45) is 5.73 Å². The highest BCUT2D eigenvalue weighted by Gasteiger charge is 2.29. The third-order valence-electron chi connectivity index (χ3n) is 4.15. The second-order valence-corrected chi connectivity index (χ2v) is 6.05. The van der Waals surface area contributed by atoms with E-state index < -0.39 is 5.54 Å². The van der Waals surface area contributed by atoms with Crippen molar-refractivity contribution in [2.45, 2.75) is 18.9 Å². The fourth-order valence-electron chi connectivity index (χ4n) is 2.66. The Hall–Kier alpha value is -2.53. The molecule has 1 unspecified atom stereocenters. The molecule has 0 spiro atoms. The summed E-state index contributed by atoms with van der Waals surface area (Å²) in [5.41, 5.74) is 7.03. The van der Waals surface area contributed by atoms with Gasteiger partial charge in [0.2, 0.25) is 5.91 Å². The maximum atomic E-state index is 12.4. The van der Waals surface area contributed by atoms with Crippen molar-refractivity contribution in [3.8, 4) is 11.5 Å². The molecular formula is C19H22N2O3. The molecule has 0 aliphatic carbocycles. The Morgan fingerprint density at radius 2 is 1.83 bits per heavy atom. The molecule has 5 heteroatoms. The first-order valence-corrected chi connectivity index (χ1v) is 8.08. The first kappa shape index (κ1) is 16.3. The zero-order valence-electron chi connectivity index (χ0n) is 13.7. The van der Waals surface area contributed by atoms with Crippen LogP contribution in [0.2, 0.25) is 0 Å². The van der Waals surface area contributed by atoms with Crippen LogP contribution in [0.15, 0.2) is 48.5 Å². The van der Waals surface area contributed by atoms with E-state index in [2.05, 4.69) is 5.32 Å². The molecule has 5 nitrogen and oxygen atoms in total. The van der Waals surface area contributed by atoms with Gasteiger partial charge in [0.25, 0.3) is 0 Å². The summed E-state index contributed by atoms with van der Waals surface area (Å²) in [6, 6.07) is 15.2. The summed E-state index contributed by atoms with van der Waals surface area (Å²) in [4.78, 5) is 12.4. The minimum Gasteiger partial charge on any atom is -0.486 e. The fraction of sp³-hybridized carbons (Fsp3) is 0.316. The molecule has 2 aromatic rings. The van der Waals surface area contributed by atoms with Crippen LogP contribution in [0.4, 0.5) is 0 Å². The molecule has 24 heavy (non-hydrogen) atoms. The number of hydrogen-bond acceptors (Lipinski definition) is 4. The van der Waals surface area contributed by atoms with Crippen molar-refractivity contribution in [1.82, 2.24) is 5.32 Å². The predicted octanol–water partition coefficient (Wildman–Crippen LogP) is 1.99. The molecule has 0 saturated heterocycles. The number of benzene rings is 2. The Kier molecular flexibility index (Phi) is 4.71. The molecule has 2 aromatic carbocycles. The van der Waals surface area contributed by atoms with Gasteiger partial charge in [-0.1, -0.05) is 36.4 Å². The molecule has 126 valence electrons. The number of ether oxygens (including phenoxy) is 2. The standard InChI is InChI=1S/C19H22N2O3/c1-19(20,15-5-3-2-4-6-15)18(22)21-10-9-14-7-8-16-17(13-14)24-12-11-23-16/h2-8,13H,9-12,20H2,1H3,(H,21,22). The summed E-state index contributed by atoms with van der Waals surface area (Å²) in [7, 11) is 0. The summed E-state index contributed by atoms with van der Waals surface area (Å²) in [5, 5.41) is 2.91. The van der Waals surface area contributed by atoms with Gasteiger partial charge in [-0.2, -0.15) is 0 Å². The van der Waals surface area contributed by atoms with Crippen LogP contribution in [0, 0.1) is 0 Å². The molecule has 0 bridgehead atoms. The van der Waals surface area contributed by atoms with Gasteiger partial charge in [-0.15, -0.1) is 0 Å². The molecule has 1 aliphatic rings. The van der Waals surface area contributed by atoms with Crippen LogP contribution >= 0.6 is 0 Å². The van der Waals surface area contributed by atoms with Crippen LogP contribution in [-0.2, 0) is 16.8 Å². The second-order valence-electron chi connectivity index (χ2n) is 6.05. The zero-order chi connectivity index (χ0) is 17.0. The highest BCUT2D eigenvalue weighted by atomic mass is 16.6. The van der Waals surface area contributed by atoms with E-state index in [9.17, 15) is 4.79 Å². The Balaban J connectivity index is 1.57. The van der Waals surface area contributed by atoms with E-state index in [4.69, 9.17) is 15.2 Å². The minimum atomic E-state index is -1.05.